The number of esters is 1. The third-order valence-corrected chi connectivity index (χ3v) is 1.68. The van der Waals surface area contributed by atoms with Crippen molar-refractivity contribution in [2.24, 2.45) is 0 Å². The zero-order chi connectivity index (χ0) is 10.4. The Kier molecular flexibility index (Phi) is 5.68. The third-order valence-electron chi connectivity index (χ3n) is 1.09. The average molecular weight is 297 g/mol. The Balaban J connectivity index is 4.61. The molecule has 0 saturated carbocycles. The number of nitrogens with zero attached hydrogens (tertiary/aromatic N) is 1. The summed E-state index contributed by atoms with van der Waals surface area (Å²) in [6.45, 7) is 1.97. The first-order valence-corrected chi connectivity index (χ1v) is 4.82. The van der Waals surface area contributed by atoms with Gasteiger partial charge in [0, 0.05) is 42.9 Å². The van der Waals surface area contributed by atoms with Crippen molar-refractivity contribution in [3.05, 3.63) is 11.8 Å². The fourth-order valence-electron chi connectivity index (χ4n) is 0.651. The summed E-state index contributed by atoms with van der Waals surface area (Å²) >= 11 is 1.56. The molecule has 0 radical (unpaired) electrons. The summed E-state index contributed by atoms with van der Waals surface area (Å²) in [6, 6.07) is 0. The molecule has 0 aromatic heterocycles. The van der Waals surface area contributed by atoms with E-state index in [0.29, 0.717) is 0 Å². The second-order valence-electron chi connectivity index (χ2n) is 2.50. The van der Waals surface area contributed by atoms with Gasteiger partial charge in [-0.1, -0.05) is 0 Å². The van der Waals surface area contributed by atoms with E-state index in [-0.39, 0.29) is 16.0 Å². The van der Waals surface area contributed by atoms with Gasteiger partial charge in [0.15, 0.2) is 0 Å². The summed E-state index contributed by atoms with van der Waals surface area (Å²) in [5, 5.41) is 0. The molecule has 5 heteroatoms. The van der Waals surface area contributed by atoms with Gasteiger partial charge in [0.05, 0.1) is 6.61 Å². The van der Waals surface area contributed by atoms with Crippen LogP contribution in [-0.4, -0.2) is 35.4 Å². The summed E-state index contributed by atoms with van der Waals surface area (Å²) in [5.74, 6) is -0.574. The van der Waals surface area contributed by atoms with Crippen LogP contribution in [0.2, 0.25) is 0 Å². The van der Waals surface area contributed by atoms with Crippen molar-refractivity contribution in [3.63, 3.8) is 0 Å². The van der Waals surface area contributed by atoms with Gasteiger partial charge in [0.2, 0.25) is 3.79 Å². The Morgan fingerprint density at radius 1 is 1.46 bits per heavy atom. The Morgan fingerprint density at radius 2 is 2.00 bits per heavy atom. The van der Waals surface area contributed by atoms with Crippen LogP contribution in [0.1, 0.15) is 6.92 Å². The molecule has 0 bridgehead atoms. The molecule has 0 spiro atoms. The SMILES string of the molecule is CCOC(=O)/C(=C\N(C)C)C(=O)I. The second-order valence-corrected chi connectivity index (χ2v) is 3.48. The normalized spacial score (nSPS) is 10.9. The van der Waals surface area contributed by atoms with Crippen molar-refractivity contribution in [1.29, 1.82) is 0 Å². The van der Waals surface area contributed by atoms with Gasteiger partial charge in [-0.2, -0.15) is 0 Å². The number of rotatable bonds is 4. The van der Waals surface area contributed by atoms with Gasteiger partial charge in [0.1, 0.15) is 5.57 Å². The molecule has 0 aromatic carbocycles. The van der Waals surface area contributed by atoms with E-state index in [1.165, 1.54) is 6.20 Å². The highest BCUT2D eigenvalue weighted by molar-refractivity contribution is 14.1. The van der Waals surface area contributed by atoms with Crippen LogP contribution in [-0.2, 0) is 14.3 Å². The fourth-order valence-corrected chi connectivity index (χ4v) is 1.01. The molecule has 0 rings (SSSR count). The minimum absolute atomic E-state index is 0.0625. The van der Waals surface area contributed by atoms with Crippen molar-refractivity contribution >= 4 is 32.4 Å². The first-order chi connectivity index (χ1) is 5.99. The first-order valence-electron chi connectivity index (χ1n) is 3.74. The molecule has 0 aromatic rings. The summed E-state index contributed by atoms with van der Waals surface area (Å²) in [5.41, 5.74) is 0.0625. The zero-order valence-electron chi connectivity index (χ0n) is 7.83. The largest absolute Gasteiger partial charge is 0.462 e. The lowest BCUT2D eigenvalue weighted by Gasteiger charge is -2.07. The molecule has 0 saturated heterocycles. The van der Waals surface area contributed by atoms with Crippen LogP contribution in [0.15, 0.2) is 11.8 Å². The number of hydrogen-bond acceptors (Lipinski definition) is 4. The minimum Gasteiger partial charge on any atom is -0.462 e. The van der Waals surface area contributed by atoms with Gasteiger partial charge in [-0.15, -0.1) is 0 Å². The van der Waals surface area contributed by atoms with Gasteiger partial charge < -0.3 is 9.64 Å². The third kappa shape index (κ3) is 4.87. The molecule has 13 heavy (non-hydrogen) atoms. The Labute approximate surface area is 91.1 Å². The lowest BCUT2D eigenvalue weighted by molar-refractivity contribution is -0.139. The van der Waals surface area contributed by atoms with Crippen LogP contribution in [0.3, 0.4) is 0 Å². The maximum Gasteiger partial charge on any atom is 0.344 e. The molecule has 0 N–H and O–H groups in total. The lowest BCUT2D eigenvalue weighted by Crippen LogP contribution is -2.15. The molecule has 0 heterocycles. The standard InChI is InChI=1S/C8H12INO3/c1-4-13-8(12)6(7(9)11)5-10(2)3/h5H,4H2,1-3H3/b6-5-. The van der Waals surface area contributed by atoms with Crippen molar-refractivity contribution in [3.8, 4) is 0 Å². The highest BCUT2D eigenvalue weighted by atomic mass is 127. The van der Waals surface area contributed by atoms with Crippen LogP contribution in [0.4, 0.5) is 0 Å². The first kappa shape index (κ1) is 12.4. The van der Waals surface area contributed by atoms with Crippen LogP contribution in [0.25, 0.3) is 0 Å². The Bertz CT molecular complexity index is 236. The molecule has 0 atom stereocenters. The molecule has 4 nitrogen and oxygen atoms in total. The molecule has 0 aliphatic rings. The van der Waals surface area contributed by atoms with Gasteiger partial charge in [-0.25, -0.2) is 4.79 Å². The van der Waals surface area contributed by atoms with Gasteiger partial charge in [0.25, 0.3) is 0 Å². The monoisotopic (exact) mass is 297 g/mol. The van der Waals surface area contributed by atoms with E-state index < -0.39 is 5.97 Å². The average Bonchev–Trinajstić information content (AvgIpc) is 1.99. The predicted molar refractivity (Wildman–Crippen MR) is 57.4 cm³/mol. The van der Waals surface area contributed by atoms with Crippen molar-refractivity contribution in [2.45, 2.75) is 6.92 Å². The van der Waals surface area contributed by atoms with E-state index in [0.717, 1.165) is 0 Å². The van der Waals surface area contributed by atoms with Crippen LogP contribution < -0.4 is 0 Å². The highest BCUT2D eigenvalue weighted by Gasteiger charge is 2.16. The lowest BCUT2D eigenvalue weighted by atomic mass is 10.3. The second kappa shape index (κ2) is 5.95. The minimum atomic E-state index is -0.574. The van der Waals surface area contributed by atoms with E-state index >= 15 is 0 Å². The Morgan fingerprint density at radius 3 is 2.31 bits per heavy atom. The topological polar surface area (TPSA) is 46.6 Å². The molecule has 0 amide bonds. The number of carbonyl (C=O) groups is 2. The van der Waals surface area contributed by atoms with Gasteiger partial charge in [-0.3, -0.25) is 4.79 Å². The predicted octanol–water partition coefficient (Wildman–Crippen LogP) is 0.957. The molecule has 0 unspecified atom stereocenters. The molecule has 0 aliphatic carbocycles. The van der Waals surface area contributed by atoms with E-state index in [1.54, 1.807) is 48.5 Å². The maximum absolute atomic E-state index is 11.2. The number of ether oxygens (including phenoxy) is 1. The van der Waals surface area contributed by atoms with Crippen molar-refractivity contribution in [2.75, 3.05) is 20.7 Å². The quantitative estimate of drug-likeness (QED) is 0.194. The molecule has 74 valence electrons. The summed E-state index contributed by atoms with van der Waals surface area (Å²) < 4.78 is 4.39. The van der Waals surface area contributed by atoms with Crippen LogP contribution in [0.5, 0.6) is 0 Å². The molecular formula is C8H12INO3. The van der Waals surface area contributed by atoms with Crippen LogP contribution in [0, 0.1) is 0 Å². The number of hydrogen-bond donors (Lipinski definition) is 0. The smallest absolute Gasteiger partial charge is 0.344 e. The van der Waals surface area contributed by atoms with Gasteiger partial charge >= 0.3 is 5.97 Å². The molecule has 0 aliphatic heterocycles. The van der Waals surface area contributed by atoms with Crippen molar-refractivity contribution in [1.82, 2.24) is 4.90 Å². The number of halogens is 1. The molecule has 0 fully saturated rings. The zero-order valence-corrected chi connectivity index (χ0v) is 9.99. The summed E-state index contributed by atoms with van der Waals surface area (Å²) in [7, 11) is 3.47. The van der Waals surface area contributed by atoms with E-state index in [2.05, 4.69) is 0 Å². The van der Waals surface area contributed by atoms with Gasteiger partial charge in [-0.05, 0) is 6.92 Å². The molecular weight excluding hydrogens is 285 g/mol. The summed E-state index contributed by atoms with van der Waals surface area (Å²) in [6.07, 6.45) is 1.45. The van der Waals surface area contributed by atoms with Crippen LogP contribution >= 0.6 is 22.6 Å². The van der Waals surface area contributed by atoms with Crippen molar-refractivity contribution < 1.29 is 14.3 Å². The fraction of sp³-hybridized carbons (Fsp3) is 0.500. The maximum atomic E-state index is 11.2. The summed E-state index contributed by atoms with van der Waals surface area (Å²) in [4.78, 5) is 23.8. The Hall–Kier alpha value is -0.590. The highest BCUT2D eigenvalue weighted by Crippen LogP contribution is 2.06. The number of carbonyl (C=O) groups excluding carboxylic acids is 2. The van der Waals surface area contributed by atoms with E-state index in [9.17, 15) is 9.59 Å². The van der Waals surface area contributed by atoms with E-state index in [1.807, 2.05) is 0 Å². The van der Waals surface area contributed by atoms with E-state index in [4.69, 9.17) is 4.74 Å².